The van der Waals surface area contributed by atoms with Gasteiger partial charge in [0.1, 0.15) is 0 Å². The Morgan fingerprint density at radius 3 is 2.69 bits per heavy atom. The number of H-pyrrole nitrogens is 1. The number of hydrogen-bond acceptors (Lipinski definition) is 3. The van der Waals surface area contributed by atoms with Crippen LogP contribution in [0.3, 0.4) is 0 Å². The van der Waals surface area contributed by atoms with Gasteiger partial charge in [-0.2, -0.15) is 5.10 Å². The molecule has 0 saturated heterocycles. The molecule has 2 amide bonds. The van der Waals surface area contributed by atoms with Gasteiger partial charge in [-0.25, -0.2) is 0 Å². The minimum Gasteiger partial charge on any atom is -0.358 e. The van der Waals surface area contributed by atoms with Gasteiger partial charge in [-0.1, -0.05) is 0 Å². The minimum atomic E-state index is -0.184. The zero-order valence-corrected chi connectivity index (χ0v) is 9.70. The molecule has 0 aliphatic carbocycles. The molecule has 0 unspecified atom stereocenters. The number of likely N-dealkylation sites (N-methyl/N-ethyl adjacent to an activating group) is 2. The van der Waals surface area contributed by atoms with Crippen molar-refractivity contribution in [3.05, 3.63) is 17.5 Å². The summed E-state index contributed by atoms with van der Waals surface area (Å²) in [5.41, 5.74) is 1.21. The van der Waals surface area contributed by atoms with Crippen LogP contribution in [0, 0.1) is 6.92 Å². The molecule has 0 aliphatic heterocycles. The molecule has 0 aromatic carbocycles. The largest absolute Gasteiger partial charge is 0.358 e. The van der Waals surface area contributed by atoms with Crippen LogP contribution in [-0.2, 0) is 4.79 Å². The molecule has 0 spiro atoms. The molecule has 1 aromatic heterocycles. The molecular formula is C10H16N4O2. The first-order valence-electron chi connectivity index (χ1n) is 5.10. The Morgan fingerprint density at radius 2 is 2.25 bits per heavy atom. The lowest BCUT2D eigenvalue weighted by atomic mass is 10.2. The number of carbonyl (C=O) groups excluding carboxylic acids is 2. The molecule has 6 nitrogen and oxygen atoms in total. The molecule has 1 heterocycles. The molecule has 0 radical (unpaired) electrons. The van der Waals surface area contributed by atoms with E-state index < -0.39 is 0 Å². The number of aromatic nitrogens is 2. The third-order valence-corrected chi connectivity index (χ3v) is 2.34. The molecule has 0 saturated carbocycles. The third-order valence-electron chi connectivity index (χ3n) is 2.34. The highest BCUT2D eigenvalue weighted by Gasteiger charge is 2.19. The molecule has 88 valence electrons. The zero-order valence-electron chi connectivity index (χ0n) is 9.70. The fourth-order valence-corrected chi connectivity index (χ4v) is 1.32. The number of nitrogens with one attached hydrogen (secondary N) is 2. The Kier molecular flexibility index (Phi) is 4.04. The van der Waals surface area contributed by atoms with Crippen LogP contribution >= 0.6 is 0 Å². The maximum absolute atomic E-state index is 12.0. The fourth-order valence-electron chi connectivity index (χ4n) is 1.32. The van der Waals surface area contributed by atoms with Crippen LogP contribution in [0.5, 0.6) is 0 Å². The molecule has 0 fully saturated rings. The number of aryl methyl sites for hydroxylation is 1. The van der Waals surface area contributed by atoms with Crippen LogP contribution < -0.4 is 5.32 Å². The second-order valence-corrected chi connectivity index (χ2v) is 3.40. The van der Waals surface area contributed by atoms with Crippen molar-refractivity contribution in [2.45, 2.75) is 13.8 Å². The second kappa shape index (κ2) is 5.29. The van der Waals surface area contributed by atoms with Crippen LogP contribution in [0.2, 0.25) is 0 Å². The lowest BCUT2D eigenvalue weighted by molar-refractivity contribution is -0.121. The Morgan fingerprint density at radius 1 is 1.56 bits per heavy atom. The lowest BCUT2D eigenvalue weighted by Crippen LogP contribution is -2.39. The SMILES string of the molecule is CCN(CC(=O)NC)C(=O)c1cn[nH]c1C. The van der Waals surface area contributed by atoms with Crippen LogP contribution in [0.4, 0.5) is 0 Å². The topological polar surface area (TPSA) is 78.1 Å². The van der Waals surface area contributed by atoms with E-state index >= 15 is 0 Å². The van der Waals surface area contributed by atoms with Gasteiger partial charge >= 0.3 is 0 Å². The summed E-state index contributed by atoms with van der Waals surface area (Å²) >= 11 is 0. The van der Waals surface area contributed by atoms with Gasteiger partial charge in [0.25, 0.3) is 5.91 Å². The molecule has 0 aliphatic rings. The normalized spacial score (nSPS) is 9.94. The van der Waals surface area contributed by atoms with E-state index in [1.54, 1.807) is 14.0 Å². The highest BCUT2D eigenvalue weighted by molar-refractivity contribution is 5.97. The minimum absolute atomic E-state index is 0.0659. The lowest BCUT2D eigenvalue weighted by Gasteiger charge is -2.19. The molecule has 1 aromatic rings. The fraction of sp³-hybridized carbons (Fsp3) is 0.500. The molecule has 2 N–H and O–H groups in total. The highest BCUT2D eigenvalue weighted by Crippen LogP contribution is 2.07. The van der Waals surface area contributed by atoms with Gasteiger partial charge in [0.2, 0.25) is 5.91 Å². The number of nitrogens with zero attached hydrogens (tertiary/aromatic N) is 2. The van der Waals surface area contributed by atoms with Crippen LogP contribution in [-0.4, -0.2) is 47.0 Å². The van der Waals surface area contributed by atoms with Gasteiger partial charge in [0.15, 0.2) is 0 Å². The Balaban J connectivity index is 2.78. The highest BCUT2D eigenvalue weighted by atomic mass is 16.2. The molecule has 1 rings (SSSR count). The standard InChI is InChI=1S/C10H16N4O2/c1-4-14(6-9(15)11-3)10(16)8-5-12-13-7(8)2/h5H,4,6H2,1-3H3,(H,11,15)(H,12,13). The van der Waals surface area contributed by atoms with Crippen molar-refractivity contribution in [1.82, 2.24) is 20.4 Å². The van der Waals surface area contributed by atoms with E-state index in [-0.39, 0.29) is 18.4 Å². The molecule has 16 heavy (non-hydrogen) atoms. The maximum Gasteiger partial charge on any atom is 0.257 e. The van der Waals surface area contributed by atoms with E-state index in [1.165, 1.54) is 11.1 Å². The molecule has 0 bridgehead atoms. The van der Waals surface area contributed by atoms with Gasteiger partial charge < -0.3 is 10.2 Å². The van der Waals surface area contributed by atoms with Gasteiger partial charge in [0.05, 0.1) is 18.3 Å². The summed E-state index contributed by atoms with van der Waals surface area (Å²) < 4.78 is 0. The Bertz CT molecular complexity index is 386. The number of hydrogen-bond donors (Lipinski definition) is 2. The summed E-state index contributed by atoms with van der Waals surface area (Å²) in [4.78, 5) is 24.7. The van der Waals surface area contributed by atoms with Crippen LogP contribution in [0.25, 0.3) is 0 Å². The van der Waals surface area contributed by atoms with E-state index in [2.05, 4.69) is 15.5 Å². The number of aromatic amines is 1. The zero-order chi connectivity index (χ0) is 12.1. The maximum atomic E-state index is 12.0. The van der Waals surface area contributed by atoms with Gasteiger partial charge in [-0.05, 0) is 13.8 Å². The average Bonchev–Trinajstić information content (AvgIpc) is 2.71. The smallest absolute Gasteiger partial charge is 0.257 e. The summed E-state index contributed by atoms with van der Waals surface area (Å²) in [7, 11) is 1.55. The molecule has 0 atom stereocenters. The third kappa shape index (κ3) is 2.59. The van der Waals surface area contributed by atoms with E-state index in [9.17, 15) is 9.59 Å². The van der Waals surface area contributed by atoms with Gasteiger partial charge in [-0.15, -0.1) is 0 Å². The molecular weight excluding hydrogens is 208 g/mol. The van der Waals surface area contributed by atoms with Crippen molar-refractivity contribution in [2.24, 2.45) is 0 Å². The van der Waals surface area contributed by atoms with E-state index in [0.717, 1.165) is 0 Å². The van der Waals surface area contributed by atoms with Gasteiger partial charge in [0, 0.05) is 19.3 Å². The molecule has 6 heteroatoms. The summed E-state index contributed by atoms with van der Waals surface area (Å²) in [6, 6.07) is 0. The van der Waals surface area contributed by atoms with Crippen molar-refractivity contribution >= 4 is 11.8 Å². The second-order valence-electron chi connectivity index (χ2n) is 3.40. The van der Waals surface area contributed by atoms with Crippen molar-refractivity contribution in [3.63, 3.8) is 0 Å². The van der Waals surface area contributed by atoms with Crippen LogP contribution in [0.15, 0.2) is 6.20 Å². The Hall–Kier alpha value is -1.85. The van der Waals surface area contributed by atoms with Crippen molar-refractivity contribution in [2.75, 3.05) is 20.1 Å². The number of amides is 2. The predicted octanol–water partition coefficient (Wildman–Crippen LogP) is -0.0738. The van der Waals surface area contributed by atoms with Crippen LogP contribution in [0.1, 0.15) is 23.0 Å². The summed E-state index contributed by atoms with van der Waals surface area (Å²) in [6.07, 6.45) is 1.48. The summed E-state index contributed by atoms with van der Waals surface area (Å²) in [5, 5.41) is 8.97. The van der Waals surface area contributed by atoms with E-state index in [4.69, 9.17) is 0 Å². The summed E-state index contributed by atoms with van der Waals surface area (Å²) in [5.74, 6) is -0.367. The van der Waals surface area contributed by atoms with E-state index in [1.807, 2.05) is 6.92 Å². The van der Waals surface area contributed by atoms with Gasteiger partial charge in [-0.3, -0.25) is 14.7 Å². The first-order chi connectivity index (χ1) is 7.60. The quantitative estimate of drug-likeness (QED) is 0.751. The average molecular weight is 224 g/mol. The van der Waals surface area contributed by atoms with Crippen molar-refractivity contribution in [1.29, 1.82) is 0 Å². The van der Waals surface area contributed by atoms with Crippen molar-refractivity contribution in [3.8, 4) is 0 Å². The first-order valence-corrected chi connectivity index (χ1v) is 5.10. The Labute approximate surface area is 94.0 Å². The first kappa shape index (κ1) is 12.2. The summed E-state index contributed by atoms with van der Waals surface area (Å²) in [6.45, 7) is 4.15. The predicted molar refractivity (Wildman–Crippen MR) is 59.0 cm³/mol. The van der Waals surface area contributed by atoms with Crippen molar-refractivity contribution < 1.29 is 9.59 Å². The monoisotopic (exact) mass is 224 g/mol. The van der Waals surface area contributed by atoms with E-state index in [0.29, 0.717) is 17.8 Å². The number of rotatable bonds is 4. The number of carbonyl (C=O) groups is 2.